The Hall–Kier alpha value is -0.880. The highest BCUT2D eigenvalue weighted by Gasteiger charge is 2.19. The van der Waals surface area contributed by atoms with Crippen molar-refractivity contribution in [2.45, 2.75) is 26.3 Å². The maximum Gasteiger partial charge on any atom is 0.220 e. The molecule has 2 rings (SSSR count). The second kappa shape index (κ2) is 4.97. The molecule has 0 amide bonds. The van der Waals surface area contributed by atoms with Gasteiger partial charge in [-0.3, -0.25) is 4.57 Å². The first-order chi connectivity index (χ1) is 7.70. The first kappa shape index (κ1) is 11.6. The van der Waals surface area contributed by atoms with E-state index in [0.29, 0.717) is 16.6 Å². The van der Waals surface area contributed by atoms with Crippen molar-refractivity contribution in [1.82, 2.24) is 19.7 Å². The van der Waals surface area contributed by atoms with E-state index in [1.54, 1.807) is 0 Å². The van der Waals surface area contributed by atoms with Crippen LogP contribution in [0, 0.1) is 10.7 Å². The van der Waals surface area contributed by atoms with Crippen molar-refractivity contribution in [2.75, 3.05) is 25.4 Å². The van der Waals surface area contributed by atoms with Gasteiger partial charge in [0.1, 0.15) is 0 Å². The summed E-state index contributed by atoms with van der Waals surface area (Å²) < 4.78 is 2.54. The number of nitrogens with zero attached hydrogens (tertiary/aromatic N) is 3. The van der Waals surface area contributed by atoms with Gasteiger partial charge in [0.05, 0.1) is 0 Å². The van der Waals surface area contributed by atoms with Crippen molar-refractivity contribution in [3.63, 3.8) is 0 Å². The fraction of sp³-hybridized carbons (Fsp3) is 0.800. The summed E-state index contributed by atoms with van der Waals surface area (Å²) in [6.07, 6.45) is 2.44. The number of hydrogen-bond donors (Lipinski definition) is 2. The number of nitrogens with two attached hydrogens (primary N) is 1. The topological polar surface area (TPSA) is 62.9 Å². The van der Waals surface area contributed by atoms with Crippen molar-refractivity contribution >= 4 is 18.2 Å². The SMILES string of the molecule is CCN1CCC(Cn2c(N)n[nH]c2=S)CC1. The number of anilines is 1. The van der Waals surface area contributed by atoms with Crippen molar-refractivity contribution in [1.29, 1.82) is 0 Å². The Morgan fingerprint density at radius 3 is 2.69 bits per heavy atom. The van der Waals surface area contributed by atoms with Gasteiger partial charge < -0.3 is 10.6 Å². The van der Waals surface area contributed by atoms with E-state index in [1.807, 2.05) is 4.57 Å². The standard InChI is InChI=1S/C10H19N5S/c1-2-14-5-3-8(4-6-14)7-15-9(11)12-13-10(15)16/h8H,2-7H2,1H3,(H2,11,12)(H,13,16). The molecule has 1 aliphatic heterocycles. The lowest BCUT2D eigenvalue weighted by atomic mass is 9.97. The van der Waals surface area contributed by atoms with Crippen LogP contribution in [0.2, 0.25) is 0 Å². The average Bonchev–Trinajstić information content (AvgIpc) is 2.62. The number of rotatable bonds is 3. The van der Waals surface area contributed by atoms with E-state index in [1.165, 1.54) is 25.9 Å². The minimum Gasteiger partial charge on any atom is -0.368 e. The molecule has 1 aliphatic rings. The van der Waals surface area contributed by atoms with Crippen LogP contribution in [0.15, 0.2) is 0 Å². The number of nitrogen functional groups attached to an aromatic ring is 1. The normalized spacial score (nSPS) is 19.1. The highest BCUT2D eigenvalue weighted by Crippen LogP contribution is 2.19. The first-order valence-corrected chi connectivity index (χ1v) is 6.24. The van der Waals surface area contributed by atoms with Gasteiger partial charge in [-0.25, -0.2) is 5.10 Å². The lowest BCUT2D eigenvalue weighted by Gasteiger charge is -2.31. The minimum atomic E-state index is 0.503. The monoisotopic (exact) mass is 241 g/mol. The smallest absolute Gasteiger partial charge is 0.220 e. The number of piperidine rings is 1. The summed E-state index contributed by atoms with van der Waals surface area (Å²) in [5.74, 6) is 1.18. The second-order valence-corrected chi connectivity index (χ2v) is 4.76. The fourth-order valence-corrected chi connectivity index (χ4v) is 2.46. The van der Waals surface area contributed by atoms with Gasteiger partial charge in [0.2, 0.25) is 5.95 Å². The summed E-state index contributed by atoms with van der Waals surface area (Å²) >= 11 is 5.14. The molecule has 0 saturated carbocycles. The summed E-state index contributed by atoms with van der Waals surface area (Å²) in [5, 5.41) is 6.65. The molecule has 16 heavy (non-hydrogen) atoms. The summed E-state index contributed by atoms with van der Waals surface area (Å²) in [5.41, 5.74) is 5.76. The molecule has 90 valence electrons. The lowest BCUT2D eigenvalue weighted by molar-refractivity contribution is 0.181. The van der Waals surface area contributed by atoms with Gasteiger partial charge in [0.15, 0.2) is 4.77 Å². The number of hydrogen-bond acceptors (Lipinski definition) is 4. The van der Waals surface area contributed by atoms with Crippen LogP contribution in [0.25, 0.3) is 0 Å². The van der Waals surface area contributed by atoms with Crippen LogP contribution in [-0.2, 0) is 6.54 Å². The van der Waals surface area contributed by atoms with E-state index < -0.39 is 0 Å². The van der Waals surface area contributed by atoms with E-state index in [2.05, 4.69) is 22.0 Å². The molecule has 0 aromatic carbocycles. The number of aromatic nitrogens is 3. The predicted octanol–water partition coefficient (Wildman–Crippen LogP) is 1.25. The molecule has 0 radical (unpaired) electrons. The van der Waals surface area contributed by atoms with Crippen molar-refractivity contribution in [2.24, 2.45) is 5.92 Å². The van der Waals surface area contributed by atoms with Gasteiger partial charge in [0, 0.05) is 6.54 Å². The number of H-pyrrole nitrogens is 1. The maximum atomic E-state index is 5.76. The van der Waals surface area contributed by atoms with Crippen molar-refractivity contribution < 1.29 is 0 Å². The molecule has 0 bridgehead atoms. The highest BCUT2D eigenvalue weighted by molar-refractivity contribution is 7.71. The maximum absolute atomic E-state index is 5.76. The Kier molecular flexibility index (Phi) is 3.60. The van der Waals surface area contributed by atoms with Crippen LogP contribution in [0.3, 0.4) is 0 Å². The van der Waals surface area contributed by atoms with Gasteiger partial charge in [-0.15, -0.1) is 5.10 Å². The molecule has 2 heterocycles. The molecule has 3 N–H and O–H groups in total. The quantitative estimate of drug-likeness (QED) is 0.782. The number of aromatic amines is 1. The van der Waals surface area contributed by atoms with E-state index in [4.69, 9.17) is 18.0 Å². The van der Waals surface area contributed by atoms with Crippen molar-refractivity contribution in [3.05, 3.63) is 4.77 Å². The van der Waals surface area contributed by atoms with E-state index >= 15 is 0 Å². The molecular weight excluding hydrogens is 222 g/mol. The van der Waals surface area contributed by atoms with Crippen LogP contribution in [0.5, 0.6) is 0 Å². The van der Waals surface area contributed by atoms with E-state index in [0.717, 1.165) is 13.1 Å². The third kappa shape index (κ3) is 2.44. The van der Waals surface area contributed by atoms with Gasteiger partial charge in [-0.2, -0.15) is 0 Å². The largest absolute Gasteiger partial charge is 0.368 e. The zero-order valence-electron chi connectivity index (χ0n) is 9.65. The summed E-state index contributed by atoms with van der Waals surface area (Å²) in [6.45, 7) is 6.64. The molecule has 1 saturated heterocycles. The van der Waals surface area contributed by atoms with Gasteiger partial charge in [0.25, 0.3) is 0 Å². The average molecular weight is 241 g/mol. The molecule has 1 aromatic rings. The third-order valence-corrected chi connectivity index (χ3v) is 3.69. The number of likely N-dealkylation sites (tertiary alicyclic amines) is 1. The highest BCUT2D eigenvalue weighted by atomic mass is 32.1. The Morgan fingerprint density at radius 2 is 2.19 bits per heavy atom. The van der Waals surface area contributed by atoms with Gasteiger partial charge in [-0.1, -0.05) is 6.92 Å². The van der Waals surface area contributed by atoms with Gasteiger partial charge >= 0.3 is 0 Å². The van der Waals surface area contributed by atoms with Crippen molar-refractivity contribution in [3.8, 4) is 0 Å². The fourth-order valence-electron chi connectivity index (χ4n) is 2.25. The molecule has 5 nitrogen and oxygen atoms in total. The Morgan fingerprint density at radius 1 is 1.50 bits per heavy atom. The minimum absolute atomic E-state index is 0.503. The molecule has 6 heteroatoms. The summed E-state index contributed by atoms with van der Waals surface area (Å²) in [4.78, 5) is 2.48. The van der Waals surface area contributed by atoms with Crippen LogP contribution in [0.4, 0.5) is 5.95 Å². The molecule has 0 unspecified atom stereocenters. The summed E-state index contributed by atoms with van der Waals surface area (Å²) in [7, 11) is 0. The zero-order chi connectivity index (χ0) is 11.5. The van der Waals surface area contributed by atoms with Crippen LogP contribution in [-0.4, -0.2) is 39.3 Å². The third-order valence-electron chi connectivity index (χ3n) is 3.38. The van der Waals surface area contributed by atoms with Crippen LogP contribution < -0.4 is 5.73 Å². The van der Waals surface area contributed by atoms with Crippen LogP contribution in [0.1, 0.15) is 19.8 Å². The molecule has 0 atom stereocenters. The zero-order valence-corrected chi connectivity index (χ0v) is 10.5. The molecule has 0 aliphatic carbocycles. The molecule has 0 spiro atoms. The molecule has 1 aromatic heterocycles. The van der Waals surface area contributed by atoms with Gasteiger partial charge in [-0.05, 0) is 50.6 Å². The summed E-state index contributed by atoms with van der Waals surface area (Å²) in [6, 6.07) is 0. The Labute approximate surface area is 101 Å². The Balaban J connectivity index is 1.94. The predicted molar refractivity (Wildman–Crippen MR) is 66.7 cm³/mol. The number of nitrogens with one attached hydrogen (secondary N) is 1. The lowest BCUT2D eigenvalue weighted by Crippen LogP contribution is -2.34. The molecular formula is C10H19N5S. The van der Waals surface area contributed by atoms with Crippen LogP contribution >= 0.6 is 12.2 Å². The second-order valence-electron chi connectivity index (χ2n) is 4.38. The molecule has 1 fully saturated rings. The van der Waals surface area contributed by atoms with E-state index in [9.17, 15) is 0 Å². The van der Waals surface area contributed by atoms with E-state index in [-0.39, 0.29) is 0 Å². The first-order valence-electron chi connectivity index (χ1n) is 5.83. The Bertz CT molecular complexity index is 388.